The number of anilines is 3. The molecule has 3 heteroatoms. The SMILES string of the molecule is C1=CC2Sc3c(-c4ccc(N(c5ccc(-c6ccc(-c7ccccc7)cc6)cc5)c5ccc(-c6ccc7c(c6)c6ccccc6n7-c6ccccc6)cc5)cc4)cccc3C2C=C1. The lowest BCUT2D eigenvalue weighted by Gasteiger charge is -2.26. The number of allylic oxidation sites excluding steroid dienone is 3. The van der Waals surface area contributed by atoms with Gasteiger partial charge in [-0.1, -0.05) is 176 Å². The van der Waals surface area contributed by atoms with Crippen molar-refractivity contribution in [2.24, 2.45) is 0 Å². The molecule has 0 bridgehead atoms. The molecule has 0 amide bonds. The molecule has 298 valence electrons. The van der Waals surface area contributed by atoms with Crippen LogP contribution in [0.5, 0.6) is 0 Å². The van der Waals surface area contributed by atoms with E-state index in [0.717, 1.165) is 17.1 Å². The summed E-state index contributed by atoms with van der Waals surface area (Å²) in [4.78, 5) is 3.78. The minimum atomic E-state index is 0.439. The number of hydrogen-bond donors (Lipinski definition) is 0. The van der Waals surface area contributed by atoms with E-state index in [0.29, 0.717) is 11.2 Å². The van der Waals surface area contributed by atoms with Gasteiger partial charge in [0.15, 0.2) is 0 Å². The molecule has 0 saturated heterocycles. The molecular weight excluding hydrogens is 781 g/mol. The van der Waals surface area contributed by atoms with Crippen molar-refractivity contribution in [3.8, 4) is 50.2 Å². The molecule has 10 aromatic rings. The number of rotatable bonds is 8. The minimum absolute atomic E-state index is 0.439. The van der Waals surface area contributed by atoms with Crippen molar-refractivity contribution in [3.63, 3.8) is 0 Å². The van der Waals surface area contributed by atoms with Crippen LogP contribution in [0.4, 0.5) is 17.1 Å². The summed E-state index contributed by atoms with van der Waals surface area (Å²) >= 11 is 2.00. The van der Waals surface area contributed by atoms with Crippen molar-refractivity contribution < 1.29 is 0 Å². The lowest BCUT2D eigenvalue weighted by atomic mass is 9.90. The number of para-hydroxylation sites is 2. The Bertz CT molecular complexity index is 3330. The maximum absolute atomic E-state index is 2.38. The summed E-state index contributed by atoms with van der Waals surface area (Å²) in [5.74, 6) is 0.439. The first-order chi connectivity index (χ1) is 31.2. The average Bonchev–Trinajstić information content (AvgIpc) is 3.91. The van der Waals surface area contributed by atoms with E-state index in [-0.39, 0.29) is 0 Å². The Balaban J connectivity index is 0.902. The molecule has 0 fully saturated rings. The second kappa shape index (κ2) is 15.7. The molecule has 2 unspecified atom stereocenters. The Hall–Kier alpha value is -7.59. The van der Waals surface area contributed by atoms with Crippen LogP contribution in [0.3, 0.4) is 0 Å². The summed E-state index contributed by atoms with van der Waals surface area (Å²) < 4.78 is 2.37. The molecule has 0 N–H and O–H groups in total. The fourth-order valence-corrected chi connectivity index (χ4v) is 11.1. The Morgan fingerprint density at radius 3 is 1.56 bits per heavy atom. The summed E-state index contributed by atoms with van der Waals surface area (Å²) in [6, 6.07) is 79.8. The molecule has 0 spiro atoms. The third kappa shape index (κ3) is 6.69. The molecule has 12 rings (SSSR count). The van der Waals surface area contributed by atoms with Gasteiger partial charge in [0.25, 0.3) is 0 Å². The second-order valence-electron chi connectivity index (χ2n) is 16.4. The zero-order valence-electron chi connectivity index (χ0n) is 34.6. The van der Waals surface area contributed by atoms with Crippen LogP contribution in [0.25, 0.3) is 72.0 Å². The quantitative estimate of drug-likeness (QED) is 0.151. The summed E-state index contributed by atoms with van der Waals surface area (Å²) in [5.41, 5.74) is 18.1. The second-order valence-corrected chi connectivity index (χ2v) is 17.6. The van der Waals surface area contributed by atoms with E-state index in [1.54, 1.807) is 0 Å². The number of hydrogen-bond acceptors (Lipinski definition) is 2. The van der Waals surface area contributed by atoms with Gasteiger partial charge in [0.05, 0.1) is 11.0 Å². The van der Waals surface area contributed by atoms with Gasteiger partial charge in [-0.15, -0.1) is 11.8 Å². The highest BCUT2D eigenvalue weighted by molar-refractivity contribution is 8.00. The van der Waals surface area contributed by atoms with Gasteiger partial charge in [0.1, 0.15) is 0 Å². The van der Waals surface area contributed by atoms with Gasteiger partial charge < -0.3 is 9.47 Å². The highest BCUT2D eigenvalue weighted by Gasteiger charge is 2.32. The number of nitrogens with zero attached hydrogens (tertiary/aromatic N) is 2. The van der Waals surface area contributed by atoms with Crippen LogP contribution in [0.2, 0.25) is 0 Å². The van der Waals surface area contributed by atoms with Gasteiger partial charge in [-0.2, -0.15) is 0 Å². The molecule has 0 radical (unpaired) electrons. The number of thioether (sulfide) groups is 1. The number of benzene rings is 9. The van der Waals surface area contributed by atoms with E-state index in [9.17, 15) is 0 Å². The summed E-state index contributed by atoms with van der Waals surface area (Å²) in [6.45, 7) is 0. The lowest BCUT2D eigenvalue weighted by molar-refractivity contribution is 0.881. The summed E-state index contributed by atoms with van der Waals surface area (Å²) in [6.07, 6.45) is 9.08. The van der Waals surface area contributed by atoms with Crippen molar-refractivity contribution in [1.82, 2.24) is 4.57 Å². The standard InChI is InChI=1S/C60H42N2S/c1-3-12-41(13-4-1)42-22-24-43(25-23-42)44-26-33-49(34-27-44)61(51-37-30-46(31-38-51)52-18-11-19-55-54-17-8-10-21-59(54)63-60(52)55)50-35-28-45(29-36-50)47-32-39-58-56(40-47)53-16-7-9-20-57(53)62(58)48-14-5-2-6-15-48/h1-40,54,59H. The van der Waals surface area contributed by atoms with Crippen molar-refractivity contribution in [2.45, 2.75) is 16.1 Å². The lowest BCUT2D eigenvalue weighted by Crippen LogP contribution is -2.09. The van der Waals surface area contributed by atoms with Crippen LogP contribution in [0, 0.1) is 0 Å². The fourth-order valence-electron chi connectivity index (χ4n) is 9.63. The molecule has 1 aliphatic heterocycles. The zero-order valence-corrected chi connectivity index (χ0v) is 35.4. The van der Waals surface area contributed by atoms with Crippen LogP contribution in [-0.2, 0) is 0 Å². The maximum Gasteiger partial charge on any atom is 0.0541 e. The number of aromatic nitrogens is 1. The van der Waals surface area contributed by atoms with E-state index in [2.05, 4.69) is 252 Å². The molecule has 63 heavy (non-hydrogen) atoms. The molecule has 2 aliphatic rings. The van der Waals surface area contributed by atoms with Crippen molar-refractivity contribution >= 4 is 50.6 Å². The van der Waals surface area contributed by atoms with Crippen LogP contribution >= 0.6 is 11.8 Å². The molecule has 2 heterocycles. The zero-order chi connectivity index (χ0) is 41.7. The molecule has 0 saturated carbocycles. The van der Waals surface area contributed by atoms with Gasteiger partial charge in [0.2, 0.25) is 0 Å². The van der Waals surface area contributed by atoms with Gasteiger partial charge in [0, 0.05) is 49.6 Å². The predicted octanol–water partition coefficient (Wildman–Crippen LogP) is 16.6. The van der Waals surface area contributed by atoms with E-state index < -0.39 is 0 Å². The third-order valence-electron chi connectivity index (χ3n) is 12.8. The Morgan fingerprint density at radius 2 is 0.889 bits per heavy atom. The molecular formula is C60H42N2S. The molecule has 1 aliphatic carbocycles. The smallest absolute Gasteiger partial charge is 0.0541 e. The molecule has 1 aromatic heterocycles. The third-order valence-corrected chi connectivity index (χ3v) is 14.2. The minimum Gasteiger partial charge on any atom is -0.311 e. The van der Waals surface area contributed by atoms with Gasteiger partial charge in [-0.05, 0) is 117 Å². The first-order valence-corrected chi connectivity index (χ1v) is 22.6. The van der Waals surface area contributed by atoms with E-state index in [1.807, 2.05) is 11.8 Å². The predicted molar refractivity (Wildman–Crippen MR) is 268 cm³/mol. The van der Waals surface area contributed by atoms with Crippen LogP contribution < -0.4 is 4.90 Å². The molecule has 9 aromatic carbocycles. The largest absolute Gasteiger partial charge is 0.311 e. The van der Waals surface area contributed by atoms with Crippen molar-refractivity contribution in [1.29, 1.82) is 0 Å². The Labute approximate surface area is 372 Å². The van der Waals surface area contributed by atoms with Crippen LogP contribution in [0.15, 0.2) is 248 Å². The Kier molecular flexibility index (Phi) is 9.27. The fraction of sp³-hybridized carbons (Fsp3) is 0.0333. The van der Waals surface area contributed by atoms with E-state index in [1.165, 1.54) is 82.5 Å². The highest BCUT2D eigenvalue weighted by Crippen LogP contribution is 2.52. The van der Waals surface area contributed by atoms with Crippen LogP contribution in [0.1, 0.15) is 11.5 Å². The first-order valence-electron chi connectivity index (χ1n) is 21.7. The molecule has 2 nitrogen and oxygen atoms in total. The van der Waals surface area contributed by atoms with Crippen molar-refractivity contribution in [3.05, 3.63) is 248 Å². The highest BCUT2D eigenvalue weighted by atomic mass is 32.2. The monoisotopic (exact) mass is 822 g/mol. The first kappa shape index (κ1) is 37.2. The maximum atomic E-state index is 2.38. The van der Waals surface area contributed by atoms with Gasteiger partial charge >= 0.3 is 0 Å². The Morgan fingerprint density at radius 1 is 0.381 bits per heavy atom. The van der Waals surface area contributed by atoms with E-state index in [4.69, 9.17) is 0 Å². The van der Waals surface area contributed by atoms with Gasteiger partial charge in [-0.3, -0.25) is 0 Å². The van der Waals surface area contributed by atoms with E-state index >= 15 is 0 Å². The summed E-state index contributed by atoms with van der Waals surface area (Å²) in [7, 11) is 0. The topological polar surface area (TPSA) is 8.17 Å². The normalized spacial score (nSPS) is 15.1. The molecule has 2 atom stereocenters. The van der Waals surface area contributed by atoms with Crippen molar-refractivity contribution in [2.75, 3.05) is 4.90 Å². The summed E-state index contributed by atoms with van der Waals surface area (Å²) in [5, 5.41) is 2.97. The average molecular weight is 823 g/mol. The number of fused-ring (bicyclic) bond motifs is 6. The van der Waals surface area contributed by atoms with Gasteiger partial charge in [-0.25, -0.2) is 0 Å². The van der Waals surface area contributed by atoms with Crippen LogP contribution in [-0.4, -0.2) is 9.82 Å².